The lowest BCUT2D eigenvalue weighted by molar-refractivity contribution is -0.163. The van der Waals surface area contributed by atoms with Gasteiger partial charge in [0.2, 0.25) is 0 Å². The Balaban J connectivity index is 1.79. The van der Waals surface area contributed by atoms with Gasteiger partial charge in [-0.3, -0.25) is 19.3 Å². The summed E-state index contributed by atoms with van der Waals surface area (Å²) in [6.07, 6.45) is 0. The number of amides is 2. The van der Waals surface area contributed by atoms with Crippen LogP contribution in [0.15, 0.2) is 41.6 Å². The Morgan fingerprint density at radius 3 is 2.58 bits per heavy atom. The van der Waals surface area contributed by atoms with Crippen molar-refractivity contribution in [2.45, 2.75) is 31.7 Å². The van der Waals surface area contributed by atoms with Gasteiger partial charge in [0.05, 0.1) is 0 Å². The van der Waals surface area contributed by atoms with Crippen molar-refractivity contribution in [2.75, 3.05) is 18.1 Å². The zero-order valence-corrected chi connectivity index (χ0v) is 19.0. The molecule has 0 bridgehead atoms. The Morgan fingerprint density at radius 2 is 2.00 bits per heavy atom. The fourth-order valence-corrected chi connectivity index (χ4v) is 6.06. The molecule has 1 saturated heterocycles. The number of para-hydroxylation sites is 1. The van der Waals surface area contributed by atoms with Gasteiger partial charge in [-0.1, -0.05) is 43.8 Å². The summed E-state index contributed by atoms with van der Waals surface area (Å²) in [7, 11) is 0. The smallest absolute Gasteiger partial charge is 0.352 e. The summed E-state index contributed by atoms with van der Waals surface area (Å²) in [5.74, 6) is -1.28. The Bertz CT molecular complexity index is 933. The number of carbonyl (C=O) groups excluding carboxylic acids is 3. The molecule has 0 spiro atoms. The number of carboxylic acids is 1. The summed E-state index contributed by atoms with van der Waals surface area (Å²) in [4.78, 5) is 50.4. The highest BCUT2D eigenvalue weighted by molar-refractivity contribution is 8.13. The van der Waals surface area contributed by atoms with E-state index in [1.54, 1.807) is 24.3 Å². The molecule has 0 saturated carbocycles. The maximum Gasteiger partial charge on any atom is 0.352 e. The second kappa shape index (κ2) is 9.35. The molecule has 10 heteroatoms. The Morgan fingerprint density at radius 1 is 1.32 bits per heavy atom. The van der Waals surface area contributed by atoms with Crippen LogP contribution in [0.2, 0.25) is 0 Å². The van der Waals surface area contributed by atoms with Gasteiger partial charge in [-0.25, -0.2) is 4.79 Å². The van der Waals surface area contributed by atoms with Crippen LogP contribution < -0.4 is 10.1 Å². The van der Waals surface area contributed by atoms with Gasteiger partial charge in [0, 0.05) is 18.4 Å². The predicted molar refractivity (Wildman–Crippen MR) is 119 cm³/mol. The predicted octanol–water partition coefficient (Wildman–Crippen LogP) is 2.11. The molecular weight excluding hydrogens is 440 g/mol. The molecule has 2 amide bonds. The first kappa shape index (κ1) is 23.2. The van der Waals surface area contributed by atoms with E-state index in [9.17, 15) is 24.3 Å². The summed E-state index contributed by atoms with van der Waals surface area (Å²) in [6, 6.07) is 8.86. The molecule has 2 heterocycles. The van der Waals surface area contributed by atoms with E-state index in [4.69, 9.17) is 4.74 Å². The first-order chi connectivity index (χ1) is 14.7. The molecular formula is C21H24N2O6S2. The van der Waals surface area contributed by atoms with Gasteiger partial charge in [0.25, 0.3) is 11.8 Å². The quantitative estimate of drug-likeness (QED) is 0.563. The standard InChI is InChI=1S/C21H24N2O6S2/c1-12(2)21(22-16(25)9-29-15-7-5-4-6-8-15)19(28)23-17(18(26)27)14(10-30-13(3)24)11-31-20(21)23/h4-8,12,20H,9-11H2,1-3H3,(H,22,25)(H,26,27)/t20-,21+/m1/s1. The lowest BCUT2D eigenvalue weighted by Crippen LogP contribution is -2.82. The van der Waals surface area contributed by atoms with Gasteiger partial charge in [-0.05, 0) is 23.6 Å². The third-order valence-corrected chi connectivity index (χ3v) is 7.52. The molecule has 3 rings (SSSR count). The number of carbonyl (C=O) groups is 4. The van der Waals surface area contributed by atoms with Crippen LogP contribution in [0, 0.1) is 5.92 Å². The van der Waals surface area contributed by atoms with E-state index in [1.165, 1.54) is 23.6 Å². The Kier molecular flexibility index (Phi) is 7.00. The Hall–Kier alpha value is -2.46. The number of nitrogens with one attached hydrogen (secondary N) is 1. The highest BCUT2D eigenvalue weighted by atomic mass is 32.2. The number of fused-ring (bicyclic) bond motifs is 1. The van der Waals surface area contributed by atoms with E-state index in [1.807, 2.05) is 19.9 Å². The molecule has 31 heavy (non-hydrogen) atoms. The van der Waals surface area contributed by atoms with Crippen LogP contribution in [0.4, 0.5) is 0 Å². The number of benzene rings is 1. The van der Waals surface area contributed by atoms with Crippen LogP contribution in [0.1, 0.15) is 20.8 Å². The number of hydrogen-bond donors (Lipinski definition) is 2. The minimum atomic E-state index is -1.22. The van der Waals surface area contributed by atoms with E-state index in [2.05, 4.69) is 5.32 Å². The summed E-state index contributed by atoms with van der Waals surface area (Å²) in [5.41, 5.74) is -0.783. The van der Waals surface area contributed by atoms with Crippen molar-refractivity contribution in [3.8, 4) is 5.75 Å². The molecule has 2 aliphatic heterocycles. The number of carboxylic acid groups (broad SMARTS) is 1. The zero-order chi connectivity index (χ0) is 22.8. The van der Waals surface area contributed by atoms with Crippen molar-refractivity contribution in [2.24, 2.45) is 5.92 Å². The average molecular weight is 465 g/mol. The molecule has 0 radical (unpaired) electrons. The van der Waals surface area contributed by atoms with Gasteiger partial charge in [0.15, 0.2) is 17.3 Å². The number of aliphatic carboxylic acids is 1. The van der Waals surface area contributed by atoms with Gasteiger partial charge < -0.3 is 15.2 Å². The zero-order valence-electron chi connectivity index (χ0n) is 17.4. The second-order valence-electron chi connectivity index (χ2n) is 7.55. The van der Waals surface area contributed by atoms with E-state index >= 15 is 0 Å². The van der Waals surface area contributed by atoms with Crippen molar-refractivity contribution in [3.05, 3.63) is 41.6 Å². The maximum atomic E-state index is 13.3. The minimum absolute atomic E-state index is 0.0893. The highest BCUT2D eigenvalue weighted by Crippen LogP contribution is 2.49. The number of hydrogen-bond acceptors (Lipinski definition) is 7. The molecule has 2 atom stereocenters. The van der Waals surface area contributed by atoms with Crippen LogP contribution in [-0.4, -0.2) is 61.9 Å². The number of rotatable bonds is 8. The number of ether oxygens (including phenoxy) is 1. The first-order valence-electron chi connectivity index (χ1n) is 9.71. The topological polar surface area (TPSA) is 113 Å². The summed E-state index contributed by atoms with van der Waals surface area (Å²) in [6.45, 7) is 4.79. The monoisotopic (exact) mass is 464 g/mol. The highest BCUT2D eigenvalue weighted by Gasteiger charge is 2.66. The Labute approximate surface area is 188 Å². The van der Waals surface area contributed by atoms with Gasteiger partial charge in [-0.2, -0.15) is 0 Å². The molecule has 0 aromatic heterocycles. The van der Waals surface area contributed by atoms with Gasteiger partial charge in [-0.15, -0.1) is 11.8 Å². The summed E-state index contributed by atoms with van der Waals surface area (Å²) >= 11 is 2.40. The maximum absolute atomic E-state index is 13.3. The first-order valence-corrected chi connectivity index (χ1v) is 11.7. The molecule has 0 aliphatic carbocycles. The number of β-lactam (4-membered cyclic amide) rings is 1. The third kappa shape index (κ3) is 4.45. The van der Waals surface area contributed by atoms with Crippen LogP contribution >= 0.6 is 23.5 Å². The summed E-state index contributed by atoms with van der Waals surface area (Å²) in [5, 5.41) is 11.9. The average Bonchev–Trinajstić information content (AvgIpc) is 2.73. The molecule has 2 aliphatic rings. The number of thioether (sulfide) groups is 2. The van der Waals surface area contributed by atoms with E-state index in [0.717, 1.165) is 11.8 Å². The fourth-order valence-electron chi connectivity index (χ4n) is 3.67. The summed E-state index contributed by atoms with van der Waals surface area (Å²) < 4.78 is 5.48. The number of nitrogens with zero attached hydrogens (tertiary/aromatic N) is 1. The van der Waals surface area contributed by atoms with Crippen molar-refractivity contribution in [3.63, 3.8) is 0 Å². The van der Waals surface area contributed by atoms with Crippen molar-refractivity contribution in [1.29, 1.82) is 0 Å². The molecule has 1 aromatic carbocycles. The van der Waals surface area contributed by atoms with Crippen molar-refractivity contribution >= 4 is 46.4 Å². The normalized spacial score (nSPS) is 22.6. The molecule has 2 N–H and O–H groups in total. The van der Waals surface area contributed by atoms with Crippen LogP contribution in [0.3, 0.4) is 0 Å². The van der Waals surface area contributed by atoms with Crippen molar-refractivity contribution < 1.29 is 29.0 Å². The minimum Gasteiger partial charge on any atom is -0.484 e. The van der Waals surface area contributed by atoms with Crippen LogP contribution in [-0.2, 0) is 19.2 Å². The lowest BCUT2D eigenvalue weighted by atomic mass is 9.76. The van der Waals surface area contributed by atoms with E-state index in [-0.39, 0.29) is 29.1 Å². The van der Waals surface area contributed by atoms with E-state index < -0.39 is 28.7 Å². The molecule has 8 nitrogen and oxygen atoms in total. The SMILES string of the molecule is CC(=O)SCC1=C(C(=O)O)N2C(=O)[C@@](NC(=O)COc3ccccc3)(C(C)C)[C@H]2SC1. The molecule has 1 aromatic rings. The van der Waals surface area contributed by atoms with Crippen LogP contribution in [0.5, 0.6) is 5.75 Å². The fraction of sp³-hybridized carbons (Fsp3) is 0.429. The lowest BCUT2D eigenvalue weighted by Gasteiger charge is -2.59. The van der Waals surface area contributed by atoms with Gasteiger partial charge >= 0.3 is 5.97 Å². The van der Waals surface area contributed by atoms with Crippen LogP contribution in [0.25, 0.3) is 0 Å². The third-order valence-electron chi connectivity index (χ3n) is 5.21. The van der Waals surface area contributed by atoms with Crippen molar-refractivity contribution in [1.82, 2.24) is 10.2 Å². The van der Waals surface area contributed by atoms with E-state index in [0.29, 0.717) is 17.1 Å². The largest absolute Gasteiger partial charge is 0.484 e. The molecule has 0 unspecified atom stereocenters. The molecule has 1 fully saturated rings. The second-order valence-corrected chi connectivity index (χ2v) is 9.77. The molecule has 166 valence electrons. The van der Waals surface area contributed by atoms with Gasteiger partial charge in [0.1, 0.15) is 16.8 Å².